The molecule has 0 unspecified atom stereocenters. The van der Waals surface area contributed by atoms with Gasteiger partial charge in [0.15, 0.2) is 0 Å². The van der Waals surface area contributed by atoms with Crippen molar-refractivity contribution >= 4 is 28.9 Å². The van der Waals surface area contributed by atoms with E-state index in [1.807, 2.05) is 13.0 Å². The van der Waals surface area contributed by atoms with Gasteiger partial charge in [0.1, 0.15) is 5.75 Å². The van der Waals surface area contributed by atoms with E-state index in [9.17, 15) is 4.79 Å². The lowest BCUT2D eigenvalue weighted by atomic mass is 10.1. The summed E-state index contributed by atoms with van der Waals surface area (Å²) < 4.78 is 5.19. The number of halogens is 1. The molecule has 0 aromatic heterocycles. The lowest BCUT2D eigenvalue weighted by Gasteiger charge is -2.12. The van der Waals surface area contributed by atoms with Gasteiger partial charge in [-0.15, -0.1) is 0 Å². The average molecular weight is 291 g/mol. The van der Waals surface area contributed by atoms with Gasteiger partial charge in [-0.25, -0.2) is 0 Å². The summed E-state index contributed by atoms with van der Waals surface area (Å²) in [6.07, 6.45) is 0. The maximum Gasteiger partial charge on any atom is 0.257 e. The highest BCUT2D eigenvalue weighted by Crippen LogP contribution is 2.28. The molecule has 20 heavy (non-hydrogen) atoms. The molecule has 3 N–H and O–H groups in total. The largest absolute Gasteiger partial charge is 0.495 e. The number of nitrogens with two attached hydrogens (primary N) is 1. The van der Waals surface area contributed by atoms with Gasteiger partial charge in [-0.3, -0.25) is 4.79 Å². The fourth-order valence-electron chi connectivity index (χ4n) is 1.85. The molecule has 2 rings (SSSR count). The van der Waals surface area contributed by atoms with Crippen molar-refractivity contribution in [3.63, 3.8) is 0 Å². The van der Waals surface area contributed by atoms with Crippen LogP contribution in [0.2, 0.25) is 5.02 Å². The number of nitrogens with one attached hydrogen (secondary N) is 1. The molecule has 5 heteroatoms. The molecule has 0 atom stereocenters. The van der Waals surface area contributed by atoms with E-state index < -0.39 is 0 Å². The summed E-state index contributed by atoms with van der Waals surface area (Å²) in [6.45, 7) is 1.85. The van der Waals surface area contributed by atoms with Crippen LogP contribution in [0.3, 0.4) is 0 Å². The van der Waals surface area contributed by atoms with Gasteiger partial charge in [0.05, 0.1) is 18.4 Å². The molecule has 1 amide bonds. The summed E-state index contributed by atoms with van der Waals surface area (Å²) >= 11 is 5.93. The van der Waals surface area contributed by atoms with E-state index in [4.69, 9.17) is 22.1 Å². The van der Waals surface area contributed by atoms with Crippen molar-refractivity contribution in [2.24, 2.45) is 0 Å². The van der Waals surface area contributed by atoms with Crippen molar-refractivity contribution in [2.75, 3.05) is 18.2 Å². The van der Waals surface area contributed by atoms with Crippen LogP contribution in [0.25, 0.3) is 0 Å². The minimum Gasteiger partial charge on any atom is -0.495 e. The average Bonchev–Trinajstić information content (AvgIpc) is 2.42. The number of hydrogen-bond donors (Lipinski definition) is 2. The lowest BCUT2D eigenvalue weighted by Crippen LogP contribution is -2.15. The summed E-state index contributed by atoms with van der Waals surface area (Å²) in [4.78, 5) is 12.3. The first-order valence-corrected chi connectivity index (χ1v) is 6.40. The Morgan fingerprint density at radius 2 is 2.05 bits per heavy atom. The highest BCUT2D eigenvalue weighted by molar-refractivity contribution is 6.31. The van der Waals surface area contributed by atoms with E-state index in [1.54, 1.807) is 30.3 Å². The topological polar surface area (TPSA) is 64.3 Å². The van der Waals surface area contributed by atoms with Crippen LogP contribution in [0.15, 0.2) is 36.4 Å². The molecule has 104 valence electrons. The second-order valence-electron chi connectivity index (χ2n) is 4.33. The van der Waals surface area contributed by atoms with E-state index in [1.165, 1.54) is 7.11 Å². The molecule has 0 heterocycles. The van der Waals surface area contributed by atoms with Crippen molar-refractivity contribution < 1.29 is 9.53 Å². The number of ether oxygens (including phenoxy) is 1. The Morgan fingerprint density at radius 1 is 1.30 bits per heavy atom. The predicted octanol–water partition coefficient (Wildman–Crippen LogP) is 3.49. The van der Waals surface area contributed by atoms with Crippen LogP contribution in [0.5, 0.6) is 5.75 Å². The minimum absolute atomic E-state index is 0.299. The highest BCUT2D eigenvalue weighted by atomic mass is 35.5. The number of aryl methyl sites for hydroxylation is 1. The third kappa shape index (κ3) is 2.86. The molecule has 0 fully saturated rings. The van der Waals surface area contributed by atoms with E-state index >= 15 is 0 Å². The Hall–Kier alpha value is -2.20. The third-order valence-electron chi connectivity index (χ3n) is 2.98. The molecule has 0 radical (unpaired) electrons. The summed E-state index contributed by atoms with van der Waals surface area (Å²) in [7, 11) is 1.53. The van der Waals surface area contributed by atoms with Crippen LogP contribution in [0.4, 0.5) is 11.4 Å². The number of anilines is 2. The van der Waals surface area contributed by atoms with Crippen molar-refractivity contribution in [3.05, 3.63) is 52.5 Å². The summed E-state index contributed by atoms with van der Waals surface area (Å²) in [5, 5.41) is 3.27. The molecular formula is C15H15ClN2O2. The summed E-state index contributed by atoms with van der Waals surface area (Å²) in [6, 6.07) is 10.3. The Balaban J connectivity index is 2.32. The van der Waals surface area contributed by atoms with Crippen LogP contribution >= 0.6 is 11.6 Å². The molecule has 2 aromatic carbocycles. The van der Waals surface area contributed by atoms with Crippen LogP contribution < -0.4 is 15.8 Å². The Kier molecular flexibility index (Phi) is 4.15. The van der Waals surface area contributed by atoms with Gasteiger partial charge in [0.25, 0.3) is 5.91 Å². The standard InChI is InChI=1S/C15H15ClN2O2/c1-9-4-3-5-11(14(9)17)15(19)18-12-8-10(16)6-7-13(12)20-2/h3-8H,17H2,1-2H3,(H,18,19). The van der Waals surface area contributed by atoms with E-state index in [-0.39, 0.29) is 5.91 Å². The minimum atomic E-state index is -0.299. The number of nitrogen functional groups attached to an aromatic ring is 1. The highest BCUT2D eigenvalue weighted by Gasteiger charge is 2.13. The summed E-state index contributed by atoms with van der Waals surface area (Å²) in [5.41, 5.74) is 8.17. The van der Waals surface area contributed by atoms with Crippen LogP contribution in [0, 0.1) is 6.92 Å². The van der Waals surface area contributed by atoms with Gasteiger partial charge in [0, 0.05) is 10.7 Å². The Morgan fingerprint density at radius 3 is 2.75 bits per heavy atom. The quantitative estimate of drug-likeness (QED) is 0.851. The normalized spacial score (nSPS) is 10.2. The maximum absolute atomic E-state index is 12.3. The predicted molar refractivity (Wildman–Crippen MR) is 81.5 cm³/mol. The van der Waals surface area contributed by atoms with Gasteiger partial charge in [0.2, 0.25) is 0 Å². The number of para-hydroxylation sites is 1. The molecule has 0 aliphatic carbocycles. The lowest BCUT2D eigenvalue weighted by molar-refractivity contribution is 0.102. The second kappa shape index (κ2) is 5.84. The number of amides is 1. The number of rotatable bonds is 3. The fraction of sp³-hybridized carbons (Fsp3) is 0.133. The first-order valence-electron chi connectivity index (χ1n) is 6.03. The van der Waals surface area contributed by atoms with Gasteiger partial charge in [-0.05, 0) is 36.8 Å². The third-order valence-corrected chi connectivity index (χ3v) is 3.21. The van der Waals surface area contributed by atoms with Crippen molar-refractivity contribution in [3.8, 4) is 5.75 Å². The zero-order valence-corrected chi connectivity index (χ0v) is 12.0. The van der Waals surface area contributed by atoms with Crippen LogP contribution in [-0.4, -0.2) is 13.0 Å². The van der Waals surface area contributed by atoms with E-state index in [0.29, 0.717) is 27.7 Å². The molecule has 0 saturated carbocycles. The van der Waals surface area contributed by atoms with E-state index in [0.717, 1.165) is 5.56 Å². The Labute approximate surface area is 122 Å². The second-order valence-corrected chi connectivity index (χ2v) is 4.77. The van der Waals surface area contributed by atoms with E-state index in [2.05, 4.69) is 5.32 Å². The maximum atomic E-state index is 12.3. The molecule has 0 aliphatic rings. The van der Waals surface area contributed by atoms with Gasteiger partial charge >= 0.3 is 0 Å². The molecule has 0 saturated heterocycles. The number of carbonyl (C=O) groups is 1. The zero-order valence-electron chi connectivity index (χ0n) is 11.2. The number of methoxy groups -OCH3 is 1. The van der Waals surface area contributed by atoms with Gasteiger partial charge < -0.3 is 15.8 Å². The van der Waals surface area contributed by atoms with Crippen LogP contribution in [-0.2, 0) is 0 Å². The number of carbonyl (C=O) groups excluding carboxylic acids is 1. The zero-order chi connectivity index (χ0) is 14.7. The first kappa shape index (κ1) is 14.2. The van der Waals surface area contributed by atoms with Crippen molar-refractivity contribution in [1.82, 2.24) is 0 Å². The molecule has 4 nitrogen and oxygen atoms in total. The Bertz CT molecular complexity index is 656. The van der Waals surface area contributed by atoms with Crippen molar-refractivity contribution in [2.45, 2.75) is 6.92 Å². The molecule has 2 aromatic rings. The SMILES string of the molecule is COc1ccc(Cl)cc1NC(=O)c1cccc(C)c1N. The monoisotopic (exact) mass is 290 g/mol. The van der Waals surface area contributed by atoms with Crippen LogP contribution in [0.1, 0.15) is 15.9 Å². The number of hydrogen-bond acceptors (Lipinski definition) is 3. The molecule has 0 aliphatic heterocycles. The molecule has 0 spiro atoms. The van der Waals surface area contributed by atoms with Gasteiger partial charge in [-0.1, -0.05) is 23.7 Å². The number of benzene rings is 2. The fourth-order valence-corrected chi connectivity index (χ4v) is 2.02. The van der Waals surface area contributed by atoms with Gasteiger partial charge in [-0.2, -0.15) is 0 Å². The molecule has 0 bridgehead atoms. The van der Waals surface area contributed by atoms with Crippen molar-refractivity contribution in [1.29, 1.82) is 0 Å². The first-order chi connectivity index (χ1) is 9.52. The molecular weight excluding hydrogens is 276 g/mol. The summed E-state index contributed by atoms with van der Waals surface area (Å²) in [5.74, 6) is 0.237. The smallest absolute Gasteiger partial charge is 0.257 e.